The second-order valence-electron chi connectivity index (χ2n) is 3.52. The molecule has 0 atom stereocenters. The molecule has 0 radical (unpaired) electrons. The minimum atomic E-state index is 0.699. The van der Waals surface area contributed by atoms with E-state index in [-0.39, 0.29) is 0 Å². The Bertz CT molecular complexity index is 352. The number of hydrogen-bond acceptors (Lipinski definition) is 3. The van der Waals surface area contributed by atoms with E-state index >= 15 is 0 Å². The first-order chi connectivity index (χ1) is 7.24. The van der Waals surface area contributed by atoms with Crippen molar-refractivity contribution in [3.8, 4) is 12.3 Å². The zero-order valence-electron chi connectivity index (χ0n) is 9.09. The van der Waals surface area contributed by atoms with Gasteiger partial charge in [-0.3, -0.25) is 0 Å². The first kappa shape index (κ1) is 11.4. The van der Waals surface area contributed by atoms with Crippen LogP contribution in [0.15, 0.2) is 12.3 Å². The van der Waals surface area contributed by atoms with Crippen molar-refractivity contribution < 1.29 is 0 Å². The van der Waals surface area contributed by atoms with Gasteiger partial charge in [-0.15, -0.1) is 12.3 Å². The normalized spacial score (nSPS) is 9.60. The molecule has 1 rings (SSSR count). The first-order valence-electron chi connectivity index (χ1n) is 5.13. The van der Waals surface area contributed by atoms with Crippen molar-refractivity contribution in [2.45, 2.75) is 26.2 Å². The predicted molar refractivity (Wildman–Crippen MR) is 64.6 cm³/mol. The zero-order chi connectivity index (χ0) is 11.1. The van der Waals surface area contributed by atoms with Crippen LogP contribution in [0.1, 0.15) is 24.8 Å². The molecule has 0 aromatic carbocycles. The van der Waals surface area contributed by atoms with Gasteiger partial charge in [-0.05, 0) is 31.4 Å². The molecule has 0 bridgehead atoms. The molecule has 80 valence electrons. The van der Waals surface area contributed by atoms with Crippen LogP contribution in [0.2, 0.25) is 0 Å². The molecule has 0 spiro atoms. The monoisotopic (exact) mass is 203 g/mol. The highest BCUT2D eigenvalue weighted by atomic mass is 15.0. The van der Waals surface area contributed by atoms with Crippen LogP contribution in [0, 0.1) is 19.3 Å². The molecule has 3 heteroatoms. The van der Waals surface area contributed by atoms with Gasteiger partial charge in [-0.1, -0.05) is 0 Å². The number of terminal acetylenes is 1. The van der Waals surface area contributed by atoms with Crippen LogP contribution < -0.4 is 11.1 Å². The zero-order valence-corrected chi connectivity index (χ0v) is 9.09. The summed E-state index contributed by atoms with van der Waals surface area (Å²) in [5.74, 6) is 3.53. The number of nitrogen functional groups attached to an aromatic ring is 1. The number of anilines is 2. The van der Waals surface area contributed by atoms with E-state index in [9.17, 15) is 0 Å². The smallest absolute Gasteiger partial charge is 0.128 e. The molecule has 0 aliphatic rings. The number of aryl methyl sites for hydroxylation is 1. The largest absolute Gasteiger partial charge is 0.397 e. The van der Waals surface area contributed by atoms with Crippen molar-refractivity contribution in [3.63, 3.8) is 0 Å². The van der Waals surface area contributed by atoms with Gasteiger partial charge in [0.2, 0.25) is 0 Å². The minimum absolute atomic E-state index is 0.699. The molecule has 3 nitrogen and oxygen atoms in total. The van der Waals surface area contributed by atoms with Gasteiger partial charge < -0.3 is 11.1 Å². The molecule has 3 N–H and O–H groups in total. The lowest BCUT2D eigenvalue weighted by Gasteiger charge is -2.08. The highest BCUT2D eigenvalue weighted by Gasteiger charge is 1.98. The number of nitrogens with zero attached hydrogens (tertiary/aromatic N) is 1. The predicted octanol–water partition coefficient (Wildman–Crippen LogP) is 2.19. The van der Waals surface area contributed by atoms with Crippen molar-refractivity contribution in [3.05, 3.63) is 17.8 Å². The molecule has 0 saturated carbocycles. The number of rotatable bonds is 5. The summed E-state index contributed by atoms with van der Waals surface area (Å²) in [6.07, 6.45) is 9.79. The summed E-state index contributed by atoms with van der Waals surface area (Å²) in [6, 6.07) is 1.91. The Morgan fingerprint density at radius 2 is 2.33 bits per heavy atom. The Balaban J connectivity index is 2.35. The van der Waals surface area contributed by atoms with Gasteiger partial charge in [0.05, 0.1) is 11.9 Å². The summed E-state index contributed by atoms with van der Waals surface area (Å²) in [5.41, 5.74) is 7.38. The highest BCUT2D eigenvalue weighted by molar-refractivity contribution is 5.50. The van der Waals surface area contributed by atoms with Crippen LogP contribution >= 0.6 is 0 Å². The lowest BCUT2D eigenvalue weighted by Crippen LogP contribution is -2.05. The van der Waals surface area contributed by atoms with E-state index < -0.39 is 0 Å². The summed E-state index contributed by atoms with van der Waals surface area (Å²) in [7, 11) is 0. The molecule has 0 fully saturated rings. The van der Waals surface area contributed by atoms with E-state index in [0.29, 0.717) is 5.69 Å². The Labute approximate surface area is 91.1 Å². The third-order valence-electron chi connectivity index (χ3n) is 2.14. The van der Waals surface area contributed by atoms with E-state index in [1.54, 1.807) is 6.20 Å². The number of nitrogens with two attached hydrogens (primary N) is 1. The van der Waals surface area contributed by atoms with Crippen molar-refractivity contribution >= 4 is 11.5 Å². The maximum absolute atomic E-state index is 5.61. The third kappa shape index (κ3) is 3.90. The van der Waals surface area contributed by atoms with Crippen molar-refractivity contribution in [2.75, 3.05) is 17.6 Å². The quantitative estimate of drug-likeness (QED) is 0.569. The minimum Gasteiger partial charge on any atom is -0.397 e. The lowest BCUT2D eigenvalue weighted by atomic mass is 10.2. The maximum Gasteiger partial charge on any atom is 0.128 e. The Kier molecular flexibility index (Phi) is 4.49. The second kappa shape index (κ2) is 5.92. The molecule has 1 aromatic rings. The van der Waals surface area contributed by atoms with Crippen molar-refractivity contribution in [1.82, 2.24) is 4.98 Å². The Morgan fingerprint density at radius 1 is 1.53 bits per heavy atom. The molecule has 1 heterocycles. The van der Waals surface area contributed by atoms with Crippen molar-refractivity contribution in [2.24, 2.45) is 0 Å². The van der Waals surface area contributed by atoms with Crippen LogP contribution in [0.4, 0.5) is 11.5 Å². The Morgan fingerprint density at radius 3 is 3.00 bits per heavy atom. The number of aromatic nitrogens is 1. The fourth-order valence-corrected chi connectivity index (χ4v) is 1.34. The van der Waals surface area contributed by atoms with Gasteiger partial charge in [0.25, 0.3) is 0 Å². The van der Waals surface area contributed by atoms with Crippen LogP contribution in [0.5, 0.6) is 0 Å². The summed E-state index contributed by atoms with van der Waals surface area (Å²) >= 11 is 0. The summed E-state index contributed by atoms with van der Waals surface area (Å²) < 4.78 is 0. The van der Waals surface area contributed by atoms with Gasteiger partial charge in [-0.25, -0.2) is 4.98 Å². The van der Waals surface area contributed by atoms with Gasteiger partial charge in [-0.2, -0.15) is 0 Å². The SMILES string of the molecule is C#CCCCCNc1ncc(N)cc1C. The molecule has 0 aliphatic heterocycles. The third-order valence-corrected chi connectivity index (χ3v) is 2.14. The lowest BCUT2D eigenvalue weighted by molar-refractivity contribution is 0.787. The van der Waals surface area contributed by atoms with Crippen LogP contribution in [0.25, 0.3) is 0 Å². The van der Waals surface area contributed by atoms with Crippen LogP contribution in [0.3, 0.4) is 0 Å². The molecule has 15 heavy (non-hydrogen) atoms. The van der Waals surface area contributed by atoms with E-state index in [4.69, 9.17) is 12.2 Å². The van der Waals surface area contributed by atoms with Gasteiger partial charge in [0.1, 0.15) is 5.82 Å². The summed E-state index contributed by atoms with van der Waals surface area (Å²) in [6.45, 7) is 2.90. The molecule has 0 unspecified atom stereocenters. The van der Waals surface area contributed by atoms with Gasteiger partial charge in [0.15, 0.2) is 0 Å². The average molecular weight is 203 g/mol. The number of unbranched alkanes of at least 4 members (excludes halogenated alkanes) is 2. The molecule has 0 aliphatic carbocycles. The fraction of sp³-hybridized carbons (Fsp3) is 0.417. The van der Waals surface area contributed by atoms with Gasteiger partial charge >= 0.3 is 0 Å². The van der Waals surface area contributed by atoms with E-state index in [1.165, 1.54) is 0 Å². The highest BCUT2D eigenvalue weighted by Crippen LogP contribution is 2.13. The number of nitrogens with one attached hydrogen (secondary N) is 1. The molecular formula is C12H17N3. The standard InChI is InChI=1S/C12H17N3/c1-3-4-5-6-7-14-12-10(2)8-11(13)9-15-12/h1,8-9H,4-7,13H2,2H3,(H,14,15). The molecule has 1 aromatic heterocycles. The molecule has 0 amide bonds. The van der Waals surface area contributed by atoms with E-state index in [0.717, 1.165) is 37.2 Å². The van der Waals surface area contributed by atoms with Crippen molar-refractivity contribution in [1.29, 1.82) is 0 Å². The number of pyridine rings is 1. The second-order valence-corrected chi connectivity index (χ2v) is 3.52. The molecular weight excluding hydrogens is 186 g/mol. The van der Waals surface area contributed by atoms with E-state index in [2.05, 4.69) is 16.2 Å². The Hall–Kier alpha value is -1.69. The topological polar surface area (TPSA) is 50.9 Å². The van der Waals surface area contributed by atoms with Crippen LogP contribution in [-0.2, 0) is 0 Å². The van der Waals surface area contributed by atoms with Crippen LogP contribution in [-0.4, -0.2) is 11.5 Å². The van der Waals surface area contributed by atoms with Gasteiger partial charge in [0, 0.05) is 13.0 Å². The maximum atomic E-state index is 5.61. The number of hydrogen-bond donors (Lipinski definition) is 2. The first-order valence-corrected chi connectivity index (χ1v) is 5.13. The van der Waals surface area contributed by atoms with E-state index in [1.807, 2.05) is 13.0 Å². The summed E-state index contributed by atoms with van der Waals surface area (Å²) in [5, 5.41) is 3.26. The summed E-state index contributed by atoms with van der Waals surface area (Å²) in [4.78, 5) is 4.22. The fourth-order valence-electron chi connectivity index (χ4n) is 1.34. The average Bonchev–Trinajstić information content (AvgIpc) is 2.20. The molecule has 0 saturated heterocycles.